The summed E-state index contributed by atoms with van der Waals surface area (Å²) in [5.74, 6) is -4.05. The number of esters is 1. The van der Waals surface area contributed by atoms with Crippen molar-refractivity contribution in [3.63, 3.8) is 0 Å². The first-order valence-electron chi connectivity index (χ1n) is 12.0. The van der Waals surface area contributed by atoms with Crippen molar-refractivity contribution in [1.29, 1.82) is 0 Å². The Bertz CT molecular complexity index is 1230. The van der Waals surface area contributed by atoms with Gasteiger partial charge in [0.15, 0.2) is 5.43 Å². The molecule has 196 valence electrons. The lowest BCUT2D eigenvalue weighted by Gasteiger charge is -2.27. The third-order valence-corrected chi connectivity index (χ3v) is 6.65. The predicted molar refractivity (Wildman–Crippen MR) is 124 cm³/mol. The predicted octanol–water partition coefficient (Wildman–Crippen LogP) is 5.75. The summed E-state index contributed by atoms with van der Waals surface area (Å²) >= 11 is 0. The summed E-state index contributed by atoms with van der Waals surface area (Å²) in [7, 11) is 0. The number of carbonyl (C=O) groups excluding carboxylic acids is 1. The zero-order valence-electron chi connectivity index (χ0n) is 20.3. The second-order valence-corrected chi connectivity index (χ2v) is 9.46. The number of rotatable bonds is 5. The van der Waals surface area contributed by atoms with Crippen molar-refractivity contribution in [2.75, 3.05) is 24.6 Å². The van der Waals surface area contributed by atoms with E-state index in [1.807, 2.05) is 0 Å². The molecule has 1 saturated carbocycles. The van der Waals surface area contributed by atoms with Crippen LogP contribution in [0.2, 0.25) is 0 Å². The van der Waals surface area contributed by atoms with E-state index in [4.69, 9.17) is 4.74 Å². The fraction of sp³-hybridized carbons (Fsp3) is 0.560. The van der Waals surface area contributed by atoms with Gasteiger partial charge in [0.25, 0.3) is 0 Å². The molecule has 0 bridgehead atoms. The van der Waals surface area contributed by atoms with Gasteiger partial charge in [-0.25, -0.2) is 18.6 Å². The molecule has 0 atom stereocenters. The van der Waals surface area contributed by atoms with E-state index >= 15 is 0 Å². The third-order valence-electron chi connectivity index (χ3n) is 6.65. The fourth-order valence-corrected chi connectivity index (χ4v) is 4.79. The minimum atomic E-state index is -4.78. The topological polar surface area (TPSA) is 75.3 Å². The lowest BCUT2D eigenvalue weighted by atomic mass is 9.97. The molecule has 11 heteroatoms. The van der Waals surface area contributed by atoms with E-state index in [1.54, 1.807) is 13.8 Å². The molecule has 0 amide bonds. The standard InChI is InChI=1S/C25H28F5N3O3/c1-4-36-23(35)18-19(31-14(3)17(20(18)34)15-6-7-15)16-12-13(2)21(25(28,29)30)32-22(16)33-10-5-8-24(26,27)9-11-33/h12,15H,4-11H2,1-3H3,(H,31,34). The summed E-state index contributed by atoms with van der Waals surface area (Å²) in [6, 6.07) is 1.21. The van der Waals surface area contributed by atoms with Crippen molar-refractivity contribution in [3.05, 3.63) is 44.4 Å². The van der Waals surface area contributed by atoms with Crippen LogP contribution in [0.1, 0.15) is 77.8 Å². The highest BCUT2D eigenvalue weighted by atomic mass is 19.4. The number of pyridine rings is 2. The van der Waals surface area contributed by atoms with Crippen LogP contribution in [-0.2, 0) is 10.9 Å². The van der Waals surface area contributed by atoms with Crippen LogP contribution in [0.15, 0.2) is 10.9 Å². The zero-order valence-corrected chi connectivity index (χ0v) is 20.3. The second-order valence-electron chi connectivity index (χ2n) is 9.46. The number of carbonyl (C=O) groups is 1. The maximum atomic E-state index is 14.1. The first-order chi connectivity index (χ1) is 16.8. The number of nitrogens with zero attached hydrogens (tertiary/aromatic N) is 2. The van der Waals surface area contributed by atoms with Gasteiger partial charge in [-0.15, -0.1) is 0 Å². The van der Waals surface area contributed by atoms with E-state index in [0.717, 1.165) is 12.8 Å². The van der Waals surface area contributed by atoms with Gasteiger partial charge in [0, 0.05) is 42.8 Å². The van der Waals surface area contributed by atoms with Crippen molar-refractivity contribution in [1.82, 2.24) is 9.97 Å². The number of hydrogen-bond acceptors (Lipinski definition) is 5. The fourth-order valence-electron chi connectivity index (χ4n) is 4.79. The minimum absolute atomic E-state index is 0.00393. The Kier molecular flexibility index (Phi) is 6.87. The van der Waals surface area contributed by atoms with Gasteiger partial charge < -0.3 is 14.6 Å². The van der Waals surface area contributed by atoms with Crippen LogP contribution in [0.4, 0.5) is 27.8 Å². The van der Waals surface area contributed by atoms with Gasteiger partial charge in [0.05, 0.1) is 12.3 Å². The van der Waals surface area contributed by atoms with Crippen LogP contribution in [0.5, 0.6) is 0 Å². The molecule has 4 rings (SSSR count). The number of anilines is 1. The van der Waals surface area contributed by atoms with E-state index in [2.05, 4.69) is 9.97 Å². The molecule has 2 aliphatic rings. The molecule has 0 spiro atoms. The lowest BCUT2D eigenvalue weighted by molar-refractivity contribution is -0.141. The van der Waals surface area contributed by atoms with E-state index in [-0.39, 0.29) is 60.2 Å². The van der Waals surface area contributed by atoms with Gasteiger partial charge in [-0.2, -0.15) is 13.2 Å². The van der Waals surface area contributed by atoms with Crippen molar-refractivity contribution in [2.45, 2.75) is 70.9 Å². The van der Waals surface area contributed by atoms with Crippen LogP contribution in [0.25, 0.3) is 11.3 Å². The molecule has 2 aromatic rings. The van der Waals surface area contributed by atoms with Crippen LogP contribution in [0.3, 0.4) is 0 Å². The van der Waals surface area contributed by atoms with Crippen LogP contribution in [-0.4, -0.2) is 41.6 Å². The Hall–Kier alpha value is -2.98. The average molecular weight is 514 g/mol. The molecule has 0 radical (unpaired) electrons. The minimum Gasteiger partial charge on any atom is -0.462 e. The largest absolute Gasteiger partial charge is 0.462 e. The molecule has 2 aromatic heterocycles. The van der Waals surface area contributed by atoms with Gasteiger partial charge >= 0.3 is 12.1 Å². The summed E-state index contributed by atoms with van der Waals surface area (Å²) < 4.78 is 74.6. The highest BCUT2D eigenvalue weighted by Gasteiger charge is 2.39. The number of aryl methyl sites for hydroxylation is 2. The van der Waals surface area contributed by atoms with E-state index in [1.165, 1.54) is 17.9 Å². The molecule has 6 nitrogen and oxygen atoms in total. The highest BCUT2D eigenvalue weighted by molar-refractivity contribution is 5.98. The zero-order chi connectivity index (χ0) is 26.4. The first-order valence-corrected chi connectivity index (χ1v) is 12.0. The van der Waals surface area contributed by atoms with Gasteiger partial charge in [-0.1, -0.05) is 0 Å². The molecule has 1 aliphatic carbocycles. The molecular weight excluding hydrogens is 485 g/mol. The van der Waals surface area contributed by atoms with Crippen molar-refractivity contribution >= 4 is 11.8 Å². The monoisotopic (exact) mass is 513 g/mol. The van der Waals surface area contributed by atoms with Crippen LogP contribution < -0.4 is 10.3 Å². The molecule has 36 heavy (non-hydrogen) atoms. The Balaban J connectivity index is 1.98. The Labute approximate surface area is 204 Å². The van der Waals surface area contributed by atoms with Crippen LogP contribution in [0, 0.1) is 13.8 Å². The summed E-state index contributed by atoms with van der Waals surface area (Å²) in [5.41, 5.74) is -1.22. The number of hydrogen-bond donors (Lipinski definition) is 1. The van der Waals surface area contributed by atoms with Crippen molar-refractivity contribution < 1.29 is 31.5 Å². The first kappa shape index (κ1) is 26.1. The molecule has 3 heterocycles. The van der Waals surface area contributed by atoms with E-state index < -0.39 is 42.0 Å². The van der Waals surface area contributed by atoms with Gasteiger partial charge in [0.2, 0.25) is 5.92 Å². The number of H-pyrrole nitrogens is 1. The maximum absolute atomic E-state index is 14.1. The Morgan fingerprint density at radius 2 is 1.92 bits per heavy atom. The van der Waals surface area contributed by atoms with Gasteiger partial charge in [-0.3, -0.25) is 4.79 Å². The maximum Gasteiger partial charge on any atom is 0.433 e. The number of ether oxygens (including phenoxy) is 1. The molecule has 0 aromatic carbocycles. The van der Waals surface area contributed by atoms with Crippen molar-refractivity contribution in [2.24, 2.45) is 0 Å². The Morgan fingerprint density at radius 3 is 2.53 bits per heavy atom. The number of alkyl halides is 5. The molecule has 1 saturated heterocycles. The normalized spacial score (nSPS) is 18.2. The quantitative estimate of drug-likeness (QED) is 0.407. The summed E-state index contributed by atoms with van der Waals surface area (Å²) in [6.45, 7) is 4.29. The smallest absolute Gasteiger partial charge is 0.433 e. The number of halogens is 5. The second kappa shape index (κ2) is 9.48. The summed E-state index contributed by atoms with van der Waals surface area (Å²) in [4.78, 5) is 34.8. The summed E-state index contributed by atoms with van der Waals surface area (Å²) in [5, 5.41) is 0. The molecule has 1 N–H and O–H groups in total. The molecular formula is C25H28F5N3O3. The van der Waals surface area contributed by atoms with Crippen molar-refractivity contribution in [3.8, 4) is 11.3 Å². The summed E-state index contributed by atoms with van der Waals surface area (Å²) in [6.07, 6.45) is -4.10. The highest BCUT2D eigenvalue weighted by Crippen LogP contribution is 2.42. The van der Waals surface area contributed by atoms with Gasteiger partial charge in [0.1, 0.15) is 17.1 Å². The number of aromatic nitrogens is 2. The van der Waals surface area contributed by atoms with E-state index in [9.17, 15) is 31.5 Å². The molecule has 0 unspecified atom stereocenters. The van der Waals surface area contributed by atoms with Gasteiger partial charge in [-0.05, 0) is 57.6 Å². The molecule has 1 aliphatic heterocycles. The van der Waals surface area contributed by atoms with E-state index in [0.29, 0.717) is 11.3 Å². The average Bonchev–Trinajstić information content (AvgIpc) is 3.61. The van der Waals surface area contributed by atoms with Crippen LogP contribution >= 0.6 is 0 Å². The third kappa shape index (κ3) is 5.10. The number of nitrogens with one attached hydrogen (secondary N) is 1. The molecule has 2 fully saturated rings. The lowest BCUT2D eigenvalue weighted by Crippen LogP contribution is -2.29. The SMILES string of the molecule is CCOC(=O)c1c(-c2cc(C)c(C(F)(F)F)nc2N2CCCC(F)(F)CC2)[nH]c(C)c(C2CC2)c1=O. The Morgan fingerprint density at radius 1 is 1.22 bits per heavy atom. The number of aromatic amines is 1.